The lowest BCUT2D eigenvalue weighted by Crippen LogP contribution is -2.00. The summed E-state index contributed by atoms with van der Waals surface area (Å²) in [5.74, 6) is 1.40. The van der Waals surface area contributed by atoms with Crippen LogP contribution in [0.3, 0.4) is 0 Å². The van der Waals surface area contributed by atoms with Gasteiger partial charge in [-0.05, 0) is 18.8 Å². The number of hydrogen-bond donors (Lipinski definition) is 0. The third-order valence-electron chi connectivity index (χ3n) is 1.67. The molecular weight excluding hydrogens is 140 g/mol. The van der Waals surface area contributed by atoms with Crippen LogP contribution in [-0.4, -0.2) is 16.6 Å². The number of hydrogen-bond acceptors (Lipinski definition) is 3. The molecule has 0 N–H and O–H groups in total. The van der Waals surface area contributed by atoms with E-state index in [0.717, 1.165) is 12.5 Å². The van der Waals surface area contributed by atoms with Crippen molar-refractivity contribution in [2.45, 2.75) is 12.8 Å². The minimum Gasteiger partial charge on any atom is -0.477 e. The maximum Gasteiger partial charge on any atom is 0.216 e. The molecule has 1 heterocycles. The van der Waals surface area contributed by atoms with E-state index in [-0.39, 0.29) is 0 Å². The Kier molecular flexibility index (Phi) is 1.71. The van der Waals surface area contributed by atoms with Gasteiger partial charge < -0.3 is 4.74 Å². The van der Waals surface area contributed by atoms with Crippen molar-refractivity contribution >= 4 is 0 Å². The third kappa shape index (κ3) is 1.90. The highest BCUT2D eigenvalue weighted by atomic mass is 16.5. The van der Waals surface area contributed by atoms with Gasteiger partial charge in [0.1, 0.15) is 0 Å². The quantitative estimate of drug-likeness (QED) is 0.644. The van der Waals surface area contributed by atoms with E-state index in [4.69, 9.17) is 4.74 Å². The van der Waals surface area contributed by atoms with E-state index >= 15 is 0 Å². The topological polar surface area (TPSA) is 35.0 Å². The Labute approximate surface area is 65.4 Å². The molecule has 0 spiro atoms. The van der Waals surface area contributed by atoms with Crippen LogP contribution in [0.5, 0.6) is 5.88 Å². The molecule has 0 aromatic carbocycles. The van der Waals surface area contributed by atoms with Crippen molar-refractivity contribution in [1.29, 1.82) is 0 Å². The second-order valence-electron chi connectivity index (χ2n) is 2.75. The molecule has 3 nitrogen and oxygen atoms in total. The van der Waals surface area contributed by atoms with Gasteiger partial charge in [0.05, 0.1) is 6.61 Å². The summed E-state index contributed by atoms with van der Waals surface area (Å²) in [5, 5.41) is 0. The summed E-state index contributed by atoms with van der Waals surface area (Å²) >= 11 is 0. The van der Waals surface area contributed by atoms with E-state index in [9.17, 15) is 0 Å². The zero-order valence-electron chi connectivity index (χ0n) is 6.16. The fourth-order valence-electron chi connectivity index (χ4n) is 0.818. The Morgan fingerprint density at radius 3 is 3.18 bits per heavy atom. The van der Waals surface area contributed by atoms with Crippen LogP contribution < -0.4 is 4.74 Å². The highest BCUT2D eigenvalue weighted by Gasteiger charge is 2.21. The average molecular weight is 149 g/mol. The lowest BCUT2D eigenvalue weighted by atomic mass is 10.5. The van der Waals surface area contributed by atoms with Gasteiger partial charge in [-0.15, -0.1) is 0 Å². The minimum absolute atomic E-state index is 0.631. The monoisotopic (exact) mass is 149 g/mol. The molecule has 2 rings (SSSR count). The molecular formula is C8H9N2O. The highest BCUT2D eigenvalue weighted by molar-refractivity contribution is 5.04. The average Bonchev–Trinajstić information content (AvgIpc) is 2.86. The molecule has 1 aliphatic carbocycles. The molecule has 3 heteroatoms. The summed E-state index contributed by atoms with van der Waals surface area (Å²) in [6, 6.07) is 1.75. The van der Waals surface area contributed by atoms with Crippen molar-refractivity contribution in [3.05, 3.63) is 18.6 Å². The van der Waals surface area contributed by atoms with Crippen LogP contribution in [0, 0.1) is 12.2 Å². The van der Waals surface area contributed by atoms with Crippen molar-refractivity contribution < 1.29 is 4.74 Å². The molecule has 0 atom stereocenters. The molecule has 1 aromatic rings. The van der Waals surface area contributed by atoms with Gasteiger partial charge in [-0.1, -0.05) is 0 Å². The lowest BCUT2D eigenvalue weighted by molar-refractivity contribution is 0.287. The van der Waals surface area contributed by atoms with Crippen molar-refractivity contribution in [3.63, 3.8) is 0 Å². The van der Waals surface area contributed by atoms with Gasteiger partial charge in [0, 0.05) is 12.3 Å². The Morgan fingerprint density at radius 2 is 2.55 bits per heavy atom. The van der Waals surface area contributed by atoms with Gasteiger partial charge in [-0.25, -0.2) is 4.98 Å². The van der Waals surface area contributed by atoms with Gasteiger partial charge >= 0.3 is 0 Å². The molecule has 1 radical (unpaired) electrons. The molecule has 0 unspecified atom stereocenters. The number of ether oxygens (including phenoxy) is 1. The normalized spacial score (nSPS) is 16.4. The standard InChI is InChI=1S/C8H9N2O/c1-2-7(1)5-11-8-3-4-9-6-10-8/h3-4,7H,1-2,5H2. The maximum absolute atomic E-state index is 5.35. The lowest BCUT2D eigenvalue weighted by Gasteiger charge is -2.00. The zero-order valence-corrected chi connectivity index (χ0v) is 6.16. The molecule has 57 valence electrons. The SMILES string of the molecule is [c]1nccc(OCC2CC2)n1. The minimum atomic E-state index is 0.631. The summed E-state index contributed by atoms with van der Waals surface area (Å²) in [7, 11) is 0. The van der Waals surface area contributed by atoms with Crippen LogP contribution in [0.2, 0.25) is 0 Å². The molecule has 0 saturated heterocycles. The van der Waals surface area contributed by atoms with E-state index < -0.39 is 0 Å². The molecule has 1 aromatic heterocycles. The van der Waals surface area contributed by atoms with Gasteiger partial charge in [0.2, 0.25) is 12.2 Å². The summed E-state index contributed by atoms with van der Waals surface area (Å²) < 4.78 is 5.35. The van der Waals surface area contributed by atoms with Gasteiger partial charge in [0.25, 0.3) is 0 Å². The Hall–Kier alpha value is -1.12. The second-order valence-corrected chi connectivity index (χ2v) is 2.75. The van der Waals surface area contributed by atoms with E-state index in [1.54, 1.807) is 12.3 Å². The Balaban J connectivity index is 1.85. The van der Waals surface area contributed by atoms with Gasteiger partial charge in [-0.2, -0.15) is 4.98 Å². The summed E-state index contributed by atoms with van der Waals surface area (Å²) in [6.45, 7) is 0.796. The molecule has 1 saturated carbocycles. The first-order chi connectivity index (χ1) is 5.45. The predicted octanol–water partition coefficient (Wildman–Crippen LogP) is 1.07. The first-order valence-corrected chi connectivity index (χ1v) is 3.77. The largest absolute Gasteiger partial charge is 0.477 e. The molecule has 1 aliphatic rings. The number of rotatable bonds is 3. The Bertz CT molecular complexity index is 221. The van der Waals surface area contributed by atoms with E-state index in [2.05, 4.69) is 16.3 Å². The van der Waals surface area contributed by atoms with E-state index in [1.165, 1.54) is 12.8 Å². The van der Waals surface area contributed by atoms with E-state index in [1.807, 2.05) is 0 Å². The molecule has 0 bridgehead atoms. The van der Waals surface area contributed by atoms with Crippen molar-refractivity contribution in [2.24, 2.45) is 5.92 Å². The smallest absolute Gasteiger partial charge is 0.216 e. The maximum atomic E-state index is 5.35. The van der Waals surface area contributed by atoms with Crippen molar-refractivity contribution in [3.8, 4) is 5.88 Å². The zero-order chi connectivity index (χ0) is 7.52. The summed E-state index contributed by atoms with van der Waals surface area (Å²) in [4.78, 5) is 7.49. The van der Waals surface area contributed by atoms with Crippen LogP contribution in [0.15, 0.2) is 12.3 Å². The van der Waals surface area contributed by atoms with Crippen molar-refractivity contribution in [1.82, 2.24) is 9.97 Å². The second kappa shape index (κ2) is 2.86. The summed E-state index contributed by atoms with van der Waals surface area (Å²) in [5.41, 5.74) is 0. The Morgan fingerprint density at radius 1 is 1.64 bits per heavy atom. The third-order valence-corrected chi connectivity index (χ3v) is 1.67. The van der Waals surface area contributed by atoms with Crippen LogP contribution in [-0.2, 0) is 0 Å². The first kappa shape index (κ1) is 6.58. The van der Waals surface area contributed by atoms with Crippen LogP contribution in [0.25, 0.3) is 0 Å². The first-order valence-electron chi connectivity index (χ1n) is 3.77. The summed E-state index contributed by atoms with van der Waals surface area (Å²) in [6.07, 6.45) is 6.72. The van der Waals surface area contributed by atoms with Crippen LogP contribution >= 0.6 is 0 Å². The predicted molar refractivity (Wildman–Crippen MR) is 39.1 cm³/mol. The fourth-order valence-corrected chi connectivity index (χ4v) is 0.818. The van der Waals surface area contributed by atoms with E-state index in [0.29, 0.717) is 5.88 Å². The van der Waals surface area contributed by atoms with Crippen LogP contribution in [0.4, 0.5) is 0 Å². The molecule has 1 fully saturated rings. The van der Waals surface area contributed by atoms with Crippen molar-refractivity contribution in [2.75, 3.05) is 6.61 Å². The fraction of sp³-hybridized carbons (Fsp3) is 0.500. The molecule has 0 amide bonds. The van der Waals surface area contributed by atoms with Gasteiger partial charge in [-0.3, -0.25) is 0 Å². The highest BCUT2D eigenvalue weighted by Crippen LogP contribution is 2.28. The number of nitrogens with zero attached hydrogens (tertiary/aromatic N) is 2. The van der Waals surface area contributed by atoms with Gasteiger partial charge in [0.15, 0.2) is 0 Å². The van der Waals surface area contributed by atoms with Crippen LogP contribution in [0.1, 0.15) is 12.8 Å². The molecule has 11 heavy (non-hydrogen) atoms. The number of aromatic nitrogens is 2. The molecule has 0 aliphatic heterocycles.